The maximum Gasteiger partial charge on any atom is 0.311 e. The van der Waals surface area contributed by atoms with Crippen LogP contribution < -0.4 is 4.74 Å². The molecule has 1 heterocycles. The minimum absolute atomic E-state index is 0.178. The van der Waals surface area contributed by atoms with Gasteiger partial charge < -0.3 is 4.74 Å². The van der Waals surface area contributed by atoms with Gasteiger partial charge in [0.1, 0.15) is 24.1 Å². The summed E-state index contributed by atoms with van der Waals surface area (Å²) in [4.78, 5) is 10.4. The summed E-state index contributed by atoms with van der Waals surface area (Å²) in [5, 5.41) is 24.9. The summed E-state index contributed by atoms with van der Waals surface area (Å²) >= 11 is 0. The molecule has 0 bridgehead atoms. The van der Waals surface area contributed by atoms with Crippen molar-refractivity contribution in [1.82, 2.24) is 9.78 Å². The molecule has 0 saturated heterocycles. The van der Waals surface area contributed by atoms with Crippen molar-refractivity contribution in [1.29, 1.82) is 5.26 Å². The predicted octanol–water partition coefficient (Wildman–Crippen LogP) is 3.68. The lowest BCUT2D eigenvalue weighted by atomic mass is 10.2. The van der Waals surface area contributed by atoms with Crippen LogP contribution in [0.1, 0.15) is 17.0 Å². The van der Waals surface area contributed by atoms with E-state index < -0.39 is 10.7 Å². The number of aromatic nitrogens is 2. The number of halogens is 1. The Balaban J connectivity index is 2.00. The van der Waals surface area contributed by atoms with Crippen LogP contribution in [0, 0.1) is 34.2 Å². The summed E-state index contributed by atoms with van der Waals surface area (Å²) in [5.41, 5.74) is 1.60. The summed E-state index contributed by atoms with van der Waals surface area (Å²) in [5.74, 6) is -0.865. The van der Waals surface area contributed by atoms with Crippen molar-refractivity contribution >= 4 is 5.69 Å². The molecule has 0 spiro atoms. The zero-order valence-corrected chi connectivity index (χ0v) is 13.7. The maximum absolute atomic E-state index is 13.5. The summed E-state index contributed by atoms with van der Waals surface area (Å²) < 4.78 is 20.5. The van der Waals surface area contributed by atoms with Crippen LogP contribution in [0.15, 0.2) is 48.5 Å². The van der Waals surface area contributed by atoms with Crippen LogP contribution in [0.3, 0.4) is 0 Å². The van der Waals surface area contributed by atoms with Crippen LogP contribution in [0.5, 0.6) is 5.75 Å². The van der Waals surface area contributed by atoms with Crippen molar-refractivity contribution in [3.8, 4) is 17.5 Å². The number of nitriles is 1. The molecule has 3 aromatic rings. The molecule has 0 N–H and O–H groups in total. The third kappa shape index (κ3) is 3.23. The fourth-order valence-corrected chi connectivity index (χ4v) is 2.54. The normalized spacial score (nSPS) is 10.3. The van der Waals surface area contributed by atoms with Gasteiger partial charge in [-0.3, -0.25) is 10.1 Å². The van der Waals surface area contributed by atoms with E-state index in [-0.39, 0.29) is 18.0 Å². The molecule has 2 aromatic carbocycles. The van der Waals surface area contributed by atoms with Gasteiger partial charge >= 0.3 is 5.69 Å². The van der Waals surface area contributed by atoms with E-state index in [1.165, 1.54) is 0 Å². The second-order valence-electron chi connectivity index (χ2n) is 5.42. The van der Waals surface area contributed by atoms with Crippen LogP contribution in [-0.2, 0) is 6.61 Å². The molecule has 0 atom stereocenters. The molecule has 1 aromatic heterocycles. The monoisotopic (exact) mass is 352 g/mol. The Morgan fingerprint density at radius 1 is 1.31 bits per heavy atom. The highest BCUT2D eigenvalue weighted by Crippen LogP contribution is 2.29. The van der Waals surface area contributed by atoms with E-state index >= 15 is 0 Å². The molecule has 0 fully saturated rings. The molecule has 0 aliphatic rings. The first-order valence-corrected chi connectivity index (χ1v) is 7.62. The van der Waals surface area contributed by atoms with Gasteiger partial charge in [-0.15, -0.1) is 0 Å². The fourth-order valence-electron chi connectivity index (χ4n) is 2.54. The first-order valence-electron chi connectivity index (χ1n) is 7.62. The lowest BCUT2D eigenvalue weighted by molar-refractivity contribution is -0.386. The number of hydrogen-bond acceptors (Lipinski definition) is 5. The second-order valence-corrected chi connectivity index (χ2v) is 5.42. The van der Waals surface area contributed by atoms with Gasteiger partial charge in [-0.2, -0.15) is 10.4 Å². The number of para-hydroxylation sites is 1. The van der Waals surface area contributed by atoms with Crippen molar-refractivity contribution < 1.29 is 14.1 Å². The van der Waals surface area contributed by atoms with Gasteiger partial charge in [-0.25, -0.2) is 9.07 Å². The number of ether oxygens (including phenoxy) is 1. The standard InChI is InChI=1S/C18H13FN4O3/c1-12-15(10-20)17(22(21-12)14-5-3-2-4-6-14)11-26-18-9-13(19)7-8-16(18)23(24)25/h2-9H,11H2,1H3. The minimum atomic E-state index is -0.654. The zero-order chi connectivity index (χ0) is 18.7. The average molecular weight is 352 g/mol. The number of nitrogens with zero attached hydrogens (tertiary/aromatic N) is 4. The predicted molar refractivity (Wildman–Crippen MR) is 90.4 cm³/mol. The van der Waals surface area contributed by atoms with E-state index in [4.69, 9.17) is 4.74 Å². The van der Waals surface area contributed by atoms with Gasteiger partial charge in [0.25, 0.3) is 0 Å². The first kappa shape index (κ1) is 17.1. The van der Waals surface area contributed by atoms with E-state index in [2.05, 4.69) is 11.2 Å². The number of benzene rings is 2. The highest BCUT2D eigenvalue weighted by atomic mass is 19.1. The van der Waals surface area contributed by atoms with Crippen LogP contribution >= 0.6 is 0 Å². The third-order valence-electron chi connectivity index (χ3n) is 3.75. The Morgan fingerprint density at radius 3 is 2.69 bits per heavy atom. The van der Waals surface area contributed by atoms with Gasteiger partial charge in [0.2, 0.25) is 0 Å². The SMILES string of the molecule is Cc1nn(-c2ccccc2)c(COc2cc(F)ccc2[N+](=O)[O-])c1C#N. The molecule has 8 heteroatoms. The smallest absolute Gasteiger partial charge is 0.311 e. The van der Waals surface area contributed by atoms with Crippen molar-refractivity contribution in [2.45, 2.75) is 13.5 Å². The van der Waals surface area contributed by atoms with Gasteiger partial charge in [0.05, 0.1) is 22.0 Å². The Labute approximate surface area is 148 Å². The van der Waals surface area contributed by atoms with Crippen molar-refractivity contribution in [2.24, 2.45) is 0 Å². The Hall–Kier alpha value is -3.73. The summed E-state index contributed by atoms with van der Waals surface area (Å²) in [6, 6.07) is 14.1. The average Bonchev–Trinajstić information content (AvgIpc) is 2.96. The van der Waals surface area contributed by atoms with Crippen molar-refractivity contribution in [3.63, 3.8) is 0 Å². The molecule has 0 amide bonds. The highest BCUT2D eigenvalue weighted by molar-refractivity contribution is 5.47. The van der Waals surface area contributed by atoms with Crippen LogP contribution in [0.2, 0.25) is 0 Å². The molecule has 7 nitrogen and oxygen atoms in total. The number of nitro groups is 1. The molecule has 3 rings (SSSR count). The number of aryl methyl sites for hydroxylation is 1. The molecule has 0 unspecified atom stereocenters. The summed E-state index contributed by atoms with van der Waals surface area (Å²) in [6.45, 7) is 1.51. The van der Waals surface area contributed by atoms with Crippen molar-refractivity contribution in [2.75, 3.05) is 0 Å². The summed E-state index contributed by atoms with van der Waals surface area (Å²) in [7, 11) is 0. The quantitative estimate of drug-likeness (QED) is 0.516. The topological polar surface area (TPSA) is 94.0 Å². The lowest BCUT2D eigenvalue weighted by Gasteiger charge is -2.10. The maximum atomic E-state index is 13.5. The molecule has 0 aliphatic heterocycles. The van der Waals surface area contributed by atoms with E-state index in [0.29, 0.717) is 22.6 Å². The fraction of sp³-hybridized carbons (Fsp3) is 0.111. The molecule has 130 valence electrons. The van der Waals surface area contributed by atoms with Gasteiger partial charge in [0, 0.05) is 12.1 Å². The van der Waals surface area contributed by atoms with E-state index in [1.807, 2.05) is 30.3 Å². The second kappa shape index (κ2) is 7.03. The third-order valence-corrected chi connectivity index (χ3v) is 3.75. The lowest BCUT2D eigenvalue weighted by Crippen LogP contribution is -2.08. The largest absolute Gasteiger partial charge is 0.480 e. The Morgan fingerprint density at radius 2 is 2.04 bits per heavy atom. The summed E-state index contributed by atoms with van der Waals surface area (Å²) in [6.07, 6.45) is 0. The molecule has 0 radical (unpaired) electrons. The number of nitro benzene ring substituents is 1. The zero-order valence-electron chi connectivity index (χ0n) is 13.7. The van der Waals surface area contributed by atoms with Crippen LogP contribution in [0.25, 0.3) is 5.69 Å². The van der Waals surface area contributed by atoms with Crippen LogP contribution in [-0.4, -0.2) is 14.7 Å². The van der Waals surface area contributed by atoms with E-state index in [0.717, 1.165) is 18.2 Å². The van der Waals surface area contributed by atoms with Gasteiger partial charge in [0.15, 0.2) is 5.75 Å². The minimum Gasteiger partial charge on any atom is -0.480 e. The van der Waals surface area contributed by atoms with Crippen LogP contribution in [0.4, 0.5) is 10.1 Å². The molecule has 0 saturated carbocycles. The number of hydrogen-bond donors (Lipinski definition) is 0. The molecule has 0 aliphatic carbocycles. The van der Waals surface area contributed by atoms with Gasteiger partial charge in [-0.1, -0.05) is 18.2 Å². The highest BCUT2D eigenvalue weighted by Gasteiger charge is 2.20. The molecular formula is C18H13FN4O3. The molecular weight excluding hydrogens is 339 g/mol. The first-order chi connectivity index (χ1) is 12.5. The van der Waals surface area contributed by atoms with E-state index in [1.54, 1.807) is 11.6 Å². The van der Waals surface area contributed by atoms with E-state index in [9.17, 15) is 19.8 Å². The Kier molecular flexibility index (Phi) is 4.62. The van der Waals surface area contributed by atoms with Gasteiger partial charge in [-0.05, 0) is 25.1 Å². The Bertz CT molecular complexity index is 1010. The van der Waals surface area contributed by atoms with Crippen molar-refractivity contribution in [3.05, 3.63) is 81.4 Å². The molecule has 26 heavy (non-hydrogen) atoms. The number of rotatable bonds is 5.